The number of H-pyrrole nitrogens is 1. The van der Waals surface area contributed by atoms with E-state index in [1.54, 1.807) is 25.2 Å². The Morgan fingerprint density at radius 3 is 2.88 bits per heavy atom. The molecule has 9 heteroatoms. The summed E-state index contributed by atoms with van der Waals surface area (Å²) in [6, 6.07) is 6.60. The average molecular weight is 340 g/mol. The number of benzene rings is 1. The molecule has 1 unspecified atom stereocenters. The van der Waals surface area contributed by atoms with Gasteiger partial charge in [-0.15, -0.1) is 0 Å². The van der Waals surface area contributed by atoms with Crippen LogP contribution in [0.5, 0.6) is 0 Å². The van der Waals surface area contributed by atoms with E-state index < -0.39 is 11.9 Å². The predicted molar refractivity (Wildman–Crippen MR) is 91.0 cm³/mol. The lowest BCUT2D eigenvalue weighted by Gasteiger charge is -2.25. The van der Waals surface area contributed by atoms with Crippen LogP contribution in [0, 0.1) is 0 Å². The lowest BCUT2D eigenvalue weighted by Crippen LogP contribution is -2.42. The van der Waals surface area contributed by atoms with Gasteiger partial charge < -0.3 is 16.0 Å². The summed E-state index contributed by atoms with van der Waals surface area (Å²) in [6.07, 6.45) is 2.48. The topological polar surface area (TPSA) is 134 Å². The van der Waals surface area contributed by atoms with Gasteiger partial charge in [0.25, 0.3) is 11.5 Å². The molecule has 0 saturated carbocycles. The maximum Gasteiger partial charge on any atom is 0.275 e. The molecular formula is C16H16N6O3. The van der Waals surface area contributed by atoms with Gasteiger partial charge in [-0.3, -0.25) is 19.3 Å². The van der Waals surface area contributed by atoms with Gasteiger partial charge in [0.15, 0.2) is 5.96 Å². The summed E-state index contributed by atoms with van der Waals surface area (Å²) < 4.78 is 0. The van der Waals surface area contributed by atoms with Crippen LogP contribution in [0.4, 0.5) is 5.69 Å². The quantitative estimate of drug-likeness (QED) is 0.736. The van der Waals surface area contributed by atoms with Gasteiger partial charge in [-0.1, -0.05) is 12.1 Å². The molecule has 0 aliphatic carbocycles. The Hall–Kier alpha value is -3.49. The van der Waals surface area contributed by atoms with Crippen molar-refractivity contribution in [3.05, 3.63) is 58.3 Å². The molecule has 4 N–H and O–H groups in total. The number of guanidine groups is 1. The van der Waals surface area contributed by atoms with Gasteiger partial charge in [0, 0.05) is 18.9 Å². The number of hydrogen-bond donors (Lipinski definition) is 3. The standard InChI is InChI=1S/C16H16N6O3/c1-22-14(24)6-11(21-16(22)17)9-3-2-4-10(5-9)20-15(25)12-7-19-13(23)8-18-12/h2-5,7-8,11H,6H2,1H3,(H2,17,21)(H,19,23)(H,20,25). The molecule has 0 spiro atoms. The summed E-state index contributed by atoms with van der Waals surface area (Å²) in [4.78, 5) is 46.9. The summed E-state index contributed by atoms with van der Waals surface area (Å²) >= 11 is 0. The lowest BCUT2D eigenvalue weighted by atomic mass is 10.0. The third-order valence-corrected chi connectivity index (χ3v) is 3.81. The molecule has 2 heterocycles. The lowest BCUT2D eigenvalue weighted by molar-refractivity contribution is -0.127. The van der Waals surface area contributed by atoms with Crippen LogP contribution >= 0.6 is 0 Å². The fourth-order valence-corrected chi connectivity index (χ4v) is 2.40. The van der Waals surface area contributed by atoms with Crippen LogP contribution in [0.1, 0.15) is 28.5 Å². The molecule has 3 rings (SSSR count). The number of rotatable bonds is 3. The average Bonchev–Trinajstić information content (AvgIpc) is 2.60. The predicted octanol–water partition coefficient (Wildman–Crippen LogP) is 0.240. The highest BCUT2D eigenvalue weighted by molar-refractivity contribution is 6.02. The Morgan fingerprint density at radius 1 is 1.40 bits per heavy atom. The summed E-state index contributed by atoms with van der Waals surface area (Å²) in [6.45, 7) is 0. The first-order chi connectivity index (χ1) is 11.9. The van der Waals surface area contributed by atoms with Crippen LogP contribution in [0.15, 0.2) is 46.4 Å². The van der Waals surface area contributed by atoms with E-state index in [4.69, 9.17) is 5.73 Å². The minimum absolute atomic E-state index is 0.0849. The molecular weight excluding hydrogens is 324 g/mol. The summed E-state index contributed by atoms with van der Waals surface area (Å²) in [7, 11) is 1.57. The van der Waals surface area contributed by atoms with Crippen LogP contribution in [0.3, 0.4) is 0 Å². The van der Waals surface area contributed by atoms with Gasteiger partial charge in [0.1, 0.15) is 5.69 Å². The summed E-state index contributed by atoms with van der Waals surface area (Å²) in [5.74, 6) is -0.423. The van der Waals surface area contributed by atoms with E-state index in [2.05, 4.69) is 20.3 Å². The van der Waals surface area contributed by atoms with Crippen molar-refractivity contribution in [2.75, 3.05) is 12.4 Å². The SMILES string of the molecule is CN1C(=O)CC(c2cccc(NC(=O)c3c[nH]c(=O)cn3)c2)N=C1N. The number of aromatic amines is 1. The Balaban J connectivity index is 1.80. The number of anilines is 1. The van der Waals surface area contributed by atoms with Gasteiger partial charge in [-0.05, 0) is 17.7 Å². The van der Waals surface area contributed by atoms with E-state index in [0.717, 1.165) is 11.8 Å². The summed E-state index contributed by atoms with van der Waals surface area (Å²) in [5.41, 5.74) is 6.73. The zero-order valence-electron chi connectivity index (χ0n) is 13.4. The van der Waals surface area contributed by atoms with Crippen molar-refractivity contribution in [2.24, 2.45) is 10.7 Å². The number of nitrogens with two attached hydrogens (primary N) is 1. The summed E-state index contributed by atoms with van der Waals surface area (Å²) in [5, 5.41) is 2.69. The van der Waals surface area contributed by atoms with E-state index >= 15 is 0 Å². The molecule has 1 aliphatic rings. The van der Waals surface area contributed by atoms with Crippen molar-refractivity contribution in [3.63, 3.8) is 0 Å². The van der Waals surface area contributed by atoms with Gasteiger partial charge in [-0.25, -0.2) is 9.98 Å². The molecule has 1 aromatic carbocycles. The second kappa shape index (κ2) is 6.56. The van der Waals surface area contributed by atoms with E-state index in [0.29, 0.717) is 5.69 Å². The largest absolute Gasteiger partial charge is 0.369 e. The third-order valence-electron chi connectivity index (χ3n) is 3.81. The number of aliphatic imine (C=N–C) groups is 1. The van der Waals surface area contributed by atoms with E-state index in [-0.39, 0.29) is 29.5 Å². The maximum absolute atomic E-state index is 12.2. The molecule has 2 aromatic rings. The molecule has 0 saturated heterocycles. The minimum Gasteiger partial charge on any atom is -0.369 e. The van der Waals surface area contributed by atoms with E-state index in [9.17, 15) is 14.4 Å². The Kier molecular flexibility index (Phi) is 4.29. The molecule has 9 nitrogen and oxygen atoms in total. The first-order valence-corrected chi connectivity index (χ1v) is 7.50. The fourth-order valence-electron chi connectivity index (χ4n) is 2.40. The number of carbonyl (C=O) groups excluding carboxylic acids is 2. The van der Waals surface area contributed by atoms with Crippen molar-refractivity contribution < 1.29 is 9.59 Å². The smallest absolute Gasteiger partial charge is 0.275 e. The number of carbonyl (C=O) groups is 2. The second-order valence-electron chi connectivity index (χ2n) is 5.54. The molecule has 1 atom stereocenters. The molecule has 25 heavy (non-hydrogen) atoms. The Labute approximate surface area is 142 Å². The monoisotopic (exact) mass is 340 g/mol. The Bertz CT molecular complexity index is 900. The van der Waals surface area contributed by atoms with Crippen molar-refractivity contribution in [1.29, 1.82) is 0 Å². The highest BCUT2D eigenvalue weighted by atomic mass is 16.2. The number of aromatic nitrogens is 2. The number of nitrogens with zero attached hydrogens (tertiary/aromatic N) is 3. The minimum atomic E-state index is -0.462. The van der Waals surface area contributed by atoms with E-state index in [1.165, 1.54) is 11.1 Å². The fraction of sp³-hybridized carbons (Fsp3) is 0.188. The van der Waals surface area contributed by atoms with Gasteiger partial charge >= 0.3 is 0 Å². The van der Waals surface area contributed by atoms with Crippen molar-refractivity contribution in [1.82, 2.24) is 14.9 Å². The first kappa shape index (κ1) is 16.4. The Morgan fingerprint density at radius 2 is 2.20 bits per heavy atom. The zero-order chi connectivity index (χ0) is 18.0. The molecule has 1 aliphatic heterocycles. The van der Waals surface area contributed by atoms with Gasteiger partial charge in [0.05, 0.1) is 18.7 Å². The van der Waals surface area contributed by atoms with Crippen molar-refractivity contribution >= 4 is 23.5 Å². The first-order valence-electron chi connectivity index (χ1n) is 7.50. The van der Waals surface area contributed by atoms with Gasteiger partial charge in [-0.2, -0.15) is 0 Å². The number of hydrogen-bond acceptors (Lipinski definition) is 6. The van der Waals surface area contributed by atoms with Crippen LogP contribution in [0.2, 0.25) is 0 Å². The molecule has 0 bridgehead atoms. The normalized spacial score (nSPS) is 17.2. The highest BCUT2D eigenvalue weighted by Gasteiger charge is 2.25. The highest BCUT2D eigenvalue weighted by Crippen LogP contribution is 2.27. The zero-order valence-corrected chi connectivity index (χ0v) is 13.4. The third kappa shape index (κ3) is 3.55. The van der Waals surface area contributed by atoms with Crippen molar-refractivity contribution in [3.8, 4) is 0 Å². The van der Waals surface area contributed by atoms with Crippen LogP contribution in [-0.2, 0) is 4.79 Å². The van der Waals surface area contributed by atoms with Crippen LogP contribution in [-0.4, -0.2) is 39.7 Å². The number of amides is 2. The van der Waals surface area contributed by atoms with E-state index in [1.807, 2.05) is 6.07 Å². The van der Waals surface area contributed by atoms with Crippen LogP contribution in [0.25, 0.3) is 0 Å². The van der Waals surface area contributed by atoms with Crippen LogP contribution < -0.4 is 16.6 Å². The van der Waals surface area contributed by atoms with Gasteiger partial charge in [0.2, 0.25) is 5.91 Å². The molecule has 1 aromatic heterocycles. The molecule has 0 radical (unpaired) electrons. The molecule has 2 amide bonds. The molecule has 128 valence electrons. The second-order valence-corrected chi connectivity index (χ2v) is 5.54. The molecule has 0 fully saturated rings. The maximum atomic E-state index is 12.2. The van der Waals surface area contributed by atoms with Crippen molar-refractivity contribution in [2.45, 2.75) is 12.5 Å². The number of nitrogens with one attached hydrogen (secondary N) is 2.